The van der Waals surface area contributed by atoms with Gasteiger partial charge in [-0.3, -0.25) is 9.59 Å². The molecule has 4 aromatic rings. The number of nitrogens with zero attached hydrogens (tertiary/aromatic N) is 1. The second-order valence-corrected chi connectivity index (χ2v) is 9.91. The van der Waals surface area contributed by atoms with Gasteiger partial charge in [0.2, 0.25) is 0 Å². The lowest BCUT2D eigenvalue weighted by Gasteiger charge is -2.18. The number of carbonyl (C=O) groups excluding carboxylic acids is 1. The average Bonchev–Trinajstić information content (AvgIpc) is 3.51. The monoisotopic (exact) mass is 544 g/mol. The van der Waals surface area contributed by atoms with Crippen LogP contribution in [0.1, 0.15) is 29.6 Å². The van der Waals surface area contributed by atoms with E-state index in [-0.39, 0.29) is 16.4 Å². The van der Waals surface area contributed by atoms with Crippen molar-refractivity contribution < 1.29 is 37.0 Å². The van der Waals surface area contributed by atoms with Gasteiger partial charge in [-0.15, -0.1) is 13.2 Å². The standard InChI is InChI=1S/C27H20F4N2O4S/c28-22-19(24(34)17-7-4-8-18(17)25(35)36)11-10-16(14-5-2-1-3-6-14)23(22)33-26-32-20-12-9-15(13-21(20)38-26)37-27(29,30)31/h1-3,5-6,9-13,17-18H,4,7-8H2,(H,32,33)(H,35,36)/t17-,18-/m1/s1. The first-order chi connectivity index (χ1) is 18.1. The summed E-state index contributed by atoms with van der Waals surface area (Å²) in [5.41, 5.74) is 1.18. The Hall–Kier alpha value is -3.99. The molecule has 0 bridgehead atoms. The molecule has 1 aliphatic carbocycles. The zero-order chi connectivity index (χ0) is 27.0. The van der Waals surface area contributed by atoms with E-state index in [1.807, 2.05) is 0 Å². The summed E-state index contributed by atoms with van der Waals surface area (Å²) in [4.78, 5) is 29.3. The summed E-state index contributed by atoms with van der Waals surface area (Å²) in [6, 6.07) is 15.5. The number of halogens is 4. The van der Waals surface area contributed by atoms with E-state index in [0.717, 1.165) is 17.4 Å². The molecule has 0 unspecified atom stereocenters. The van der Waals surface area contributed by atoms with Crippen LogP contribution in [-0.2, 0) is 4.79 Å². The van der Waals surface area contributed by atoms with E-state index < -0.39 is 41.5 Å². The van der Waals surface area contributed by atoms with Gasteiger partial charge in [-0.1, -0.05) is 54.2 Å². The second kappa shape index (κ2) is 10.1. The number of carbonyl (C=O) groups is 2. The Bertz CT molecular complexity index is 1520. The number of aliphatic carboxylic acids is 1. The lowest BCUT2D eigenvalue weighted by Crippen LogP contribution is -2.26. The number of alkyl halides is 3. The van der Waals surface area contributed by atoms with Gasteiger partial charge < -0.3 is 15.2 Å². The summed E-state index contributed by atoms with van der Waals surface area (Å²) in [6.45, 7) is 0. The van der Waals surface area contributed by atoms with E-state index in [1.54, 1.807) is 36.4 Å². The van der Waals surface area contributed by atoms with E-state index in [0.29, 0.717) is 40.6 Å². The maximum absolute atomic E-state index is 16.0. The summed E-state index contributed by atoms with van der Waals surface area (Å²) in [6.07, 6.45) is -3.57. The topological polar surface area (TPSA) is 88.5 Å². The van der Waals surface area contributed by atoms with Gasteiger partial charge in [-0.2, -0.15) is 0 Å². The first kappa shape index (κ1) is 25.7. The van der Waals surface area contributed by atoms with Crippen LogP contribution in [-0.4, -0.2) is 28.2 Å². The maximum atomic E-state index is 16.0. The Morgan fingerprint density at radius 3 is 2.47 bits per heavy atom. The zero-order valence-electron chi connectivity index (χ0n) is 19.6. The fraction of sp³-hybridized carbons (Fsp3) is 0.222. The molecule has 0 spiro atoms. The normalized spacial score (nSPS) is 17.5. The van der Waals surface area contributed by atoms with Gasteiger partial charge in [0.1, 0.15) is 5.75 Å². The Balaban J connectivity index is 1.55. The molecule has 6 nitrogen and oxygen atoms in total. The summed E-state index contributed by atoms with van der Waals surface area (Å²) >= 11 is 0.990. The number of ketones is 1. The van der Waals surface area contributed by atoms with Crippen molar-refractivity contribution in [3.63, 3.8) is 0 Å². The lowest BCUT2D eigenvalue weighted by molar-refractivity contribution is -0.274. The van der Waals surface area contributed by atoms with Crippen molar-refractivity contribution >= 4 is 44.1 Å². The van der Waals surface area contributed by atoms with Crippen LogP contribution in [0.15, 0.2) is 60.7 Å². The van der Waals surface area contributed by atoms with Gasteiger partial charge in [0.15, 0.2) is 16.7 Å². The van der Waals surface area contributed by atoms with E-state index >= 15 is 4.39 Å². The number of aromatic nitrogens is 1. The van der Waals surface area contributed by atoms with Crippen LogP contribution in [0.5, 0.6) is 5.75 Å². The maximum Gasteiger partial charge on any atom is 0.573 e. The quantitative estimate of drug-likeness (QED) is 0.186. The van der Waals surface area contributed by atoms with Gasteiger partial charge in [0.05, 0.1) is 27.4 Å². The molecule has 3 aromatic carbocycles. The van der Waals surface area contributed by atoms with Crippen LogP contribution in [0.3, 0.4) is 0 Å². The molecular weight excluding hydrogens is 524 g/mol. The summed E-state index contributed by atoms with van der Waals surface area (Å²) < 4.78 is 58.2. The van der Waals surface area contributed by atoms with E-state index in [9.17, 15) is 27.9 Å². The number of hydrogen-bond acceptors (Lipinski definition) is 6. The number of carboxylic acids is 1. The average molecular weight is 545 g/mol. The molecule has 11 heteroatoms. The molecule has 1 aromatic heterocycles. The number of fused-ring (bicyclic) bond motifs is 1. The number of ether oxygens (including phenoxy) is 1. The van der Waals surface area contributed by atoms with Crippen molar-refractivity contribution in [3.8, 4) is 16.9 Å². The smallest absolute Gasteiger partial charge is 0.481 e. The molecule has 0 aliphatic heterocycles. The van der Waals surface area contributed by atoms with Gasteiger partial charge in [0.25, 0.3) is 0 Å². The number of anilines is 2. The molecule has 2 atom stereocenters. The summed E-state index contributed by atoms with van der Waals surface area (Å²) in [5, 5.41) is 12.6. The first-order valence-corrected chi connectivity index (χ1v) is 12.5. The van der Waals surface area contributed by atoms with Gasteiger partial charge >= 0.3 is 12.3 Å². The lowest BCUT2D eigenvalue weighted by atomic mass is 9.87. The van der Waals surface area contributed by atoms with Crippen LogP contribution >= 0.6 is 11.3 Å². The highest BCUT2D eigenvalue weighted by Crippen LogP contribution is 2.40. The molecule has 1 saturated carbocycles. The van der Waals surface area contributed by atoms with Crippen LogP contribution in [0.4, 0.5) is 28.4 Å². The zero-order valence-corrected chi connectivity index (χ0v) is 20.4. The predicted molar refractivity (Wildman–Crippen MR) is 134 cm³/mol. The molecule has 0 saturated heterocycles. The number of benzene rings is 3. The van der Waals surface area contributed by atoms with Crippen molar-refractivity contribution in [2.45, 2.75) is 25.6 Å². The summed E-state index contributed by atoms with van der Waals surface area (Å²) in [7, 11) is 0. The molecule has 1 fully saturated rings. The highest BCUT2D eigenvalue weighted by atomic mass is 32.1. The number of rotatable bonds is 7. The first-order valence-electron chi connectivity index (χ1n) is 11.7. The van der Waals surface area contributed by atoms with Crippen LogP contribution in [0.2, 0.25) is 0 Å². The Labute approximate surface area is 217 Å². The van der Waals surface area contributed by atoms with Crippen LogP contribution < -0.4 is 10.1 Å². The fourth-order valence-corrected chi connectivity index (χ4v) is 5.68. The van der Waals surface area contributed by atoms with Gasteiger partial charge in [-0.25, -0.2) is 9.37 Å². The van der Waals surface area contributed by atoms with Crippen molar-refractivity contribution in [1.29, 1.82) is 0 Å². The third-order valence-electron chi connectivity index (χ3n) is 6.49. The second-order valence-electron chi connectivity index (χ2n) is 8.88. The molecule has 0 radical (unpaired) electrons. The highest BCUT2D eigenvalue weighted by molar-refractivity contribution is 7.22. The molecule has 196 valence electrons. The van der Waals surface area contributed by atoms with Crippen molar-refractivity contribution in [2.24, 2.45) is 11.8 Å². The number of nitrogens with one attached hydrogen (secondary N) is 1. The Morgan fingerprint density at radius 1 is 1.03 bits per heavy atom. The molecule has 38 heavy (non-hydrogen) atoms. The molecule has 0 amide bonds. The Morgan fingerprint density at radius 2 is 1.76 bits per heavy atom. The number of carboxylic acid groups (broad SMARTS) is 1. The minimum Gasteiger partial charge on any atom is -0.481 e. The SMILES string of the molecule is O=C(O)[C@@H]1CCC[C@H]1C(=O)c1ccc(-c2ccccc2)c(Nc2nc3ccc(OC(F)(F)F)cc3s2)c1F. The molecule has 1 aliphatic rings. The van der Waals surface area contributed by atoms with Gasteiger partial charge in [-0.05, 0) is 36.6 Å². The third kappa shape index (κ3) is 5.19. The molecule has 1 heterocycles. The van der Waals surface area contributed by atoms with E-state index in [1.165, 1.54) is 18.2 Å². The largest absolute Gasteiger partial charge is 0.573 e. The van der Waals surface area contributed by atoms with Crippen molar-refractivity contribution in [3.05, 3.63) is 72.0 Å². The number of Topliss-reactive ketones (excluding diaryl/α,β-unsaturated/α-hetero) is 1. The minimum atomic E-state index is -4.85. The van der Waals surface area contributed by atoms with Crippen LogP contribution in [0.25, 0.3) is 21.3 Å². The third-order valence-corrected chi connectivity index (χ3v) is 7.42. The van der Waals surface area contributed by atoms with Crippen molar-refractivity contribution in [1.82, 2.24) is 4.98 Å². The van der Waals surface area contributed by atoms with E-state index in [4.69, 9.17) is 0 Å². The predicted octanol–water partition coefficient (Wildman–Crippen LogP) is 7.43. The number of hydrogen-bond donors (Lipinski definition) is 2. The van der Waals surface area contributed by atoms with Crippen LogP contribution in [0, 0.1) is 17.7 Å². The molecular formula is C27H20F4N2O4S. The Kier molecular flexibility index (Phi) is 6.78. The summed E-state index contributed by atoms with van der Waals surface area (Å²) in [5.74, 6) is -4.62. The molecule has 2 N–H and O–H groups in total. The minimum absolute atomic E-state index is 0.0438. The fourth-order valence-electron chi connectivity index (χ4n) is 4.78. The highest BCUT2D eigenvalue weighted by Gasteiger charge is 2.39. The molecule has 5 rings (SSSR count). The van der Waals surface area contributed by atoms with Crippen molar-refractivity contribution in [2.75, 3.05) is 5.32 Å². The number of thiazole rings is 1. The van der Waals surface area contributed by atoms with Gasteiger partial charge in [0, 0.05) is 17.5 Å². The van der Waals surface area contributed by atoms with E-state index in [2.05, 4.69) is 15.0 Å².